The lowest BCUT2D eigenvalue weighted by molar-refractivity contribution is 0.425. The standard InChI is InChI=1S/C30H23F2N3O2/c1-30(2,3)17-15-20(28-33-29(37-34-28)26-21(31)11-8-12-22(26)32)27(36)25(16-17)35-23-13-6-4-9-18(23)19-10-5-7-14-24(19)35/h4-16,36H,1-3H3. The van der Waals surface area contributed by atoms with Crippen LogP contribution in [0.1, 0.15) is 26.3 Å². The van der Waals surface area contributed by atoms with Gasteiger partial charge in [-0.2, -0.15) is 4.98 Å². The zero-order valence-corrected chi connectivity index (χ0v) is 20.5. The number of aromatic hydroxyl groups is 1. The lowest BCUT2D eigenvalue weighted by Crippen LogP contribution is -2.12. The summed E-state index contributed by atoms with van der Waals surface area (Å²) in [6.45, 7) is 6.19. The van der Waals surface area contributed by atoms with Crippen molar-refractivity contribution in [3.63, 3.8) is 0 Å². The number of hydrogen-bond donors (Lipinski definition) is 1. The Morgan fingerprint density at radius 2 is 1.41 bits per heavy atom. The van der Waals surface area contributed by atoms with Crippen molar-refractivity contribution in [1.29, 1.82) is 0 Å². The first-order valence-electron chi connectivity index (χ1n) is 11.9. The molecule has 0 unspecified atom stereocenters. The molecule has 7 heteroatoms. The first-order chi connectivity index (χ1) is 17.7. The first kappa shape index (κ1) is 22.9. The van der Waals surface area contributed by atoms with Gasteiger partial charge < -0.3 is 14.2 Å². The summed E-state index contributed by atoms with van der Waals surface area (Å²) in [5.74, 6) is -1.96. The van der Waals surface area contributed by atoms with Crippen LogP contribution in [-0.4, -0.2) is 19.8 Å². The molecule has 0 atom stereocenters. The summed E-state index contributed by atoms with van der Waals surface area (Å²) in [7, 11) is 0. The molecule has 2 aromatic heterocycles. The van der Waals surface area contributed by atoms with Gasteiger partial charge in [0.05, 0.1) is 22.3 Å². The molecule has 5 nitrogen and oxygen atoms in total. The quantitative estimate of drug-likeness (QED) is 0.272. The third-order valence-corrected chi connectivity index (χ3v) is 6.62. The third-order valence-electron chi connectivity index (χ3n) is 6.62. The molecule has 0 spiro atoms. The average Bonchev–Trinajstić information content (AvgIpc) is 3.47. The first-order valence-corrected chi connectivity index (χ1v) is 11.9. The van der Waals surface area contributed by atoms with Crippen LogP contribution in [0.4, 0.5) is 8.78 Å². The van der Waals surface area contributed by atoms with Gasteiger partial charge in [0, 0.05) is 10.8 Å². The molecule has 0 bridgehead atoms. The van der Waals surface area contributed by atoms with Gasteiger partial charge in [-0.1, -0.05) is 68.4 Å². The largest absolute Gasteiger partial charge is 0.505 e. The van der Waals surface area contributed by atoms with Gasteiger partial charge >= 0.3 is 0 Å². The zero-order valence-electron chi connectivity index (χ0n) is 20.5. The summed E-state index contributed by atoms with van der Waals surface area (Å²) >= 11 is 0. The maximum Gasteiger partial charge on any atom is 0.264 e. The van der Waals surface area contributed by atoms with E-state index >= 15 is 0 Å². The molecule has 2 heterocycles. The number of aromatic nitrogens is 3. The molecular formula is C30H23F2N3O2. The van der Waals surface area contributed by atoms with Gasteiger partial charge in [-0.25, -0.2) is 8.78 Å². The van der Waals surface area contributed by atoms with Gasteiger partial charge in [0.1, 0.15) is 17.2 Å². The molecule has 6 rings (SSSR count). The van der Waals surface area contributed by atoms with Gasteiger partial charge in [0.15, 0.2) is 5.75 Å². The Hall–Kier alpha value is -4.52. The van der Waals surface area contributed by atoms with E-state index in [0.29, 0.717) is 11.3 Å². The molecule has 37 heavy (non-hydrogen) atoms. The Labute approximate surface area is 211 Å². The summed E-state index contributed by atoms with van der Waals surface area (Å²) in [6.07, 6.45) is 0. The van der Waals surface area contributed by atoms with Crippen molar-refractivity contribution < 1.29 is 18.4 Å². The molecule has 0 fully saturated rings. The normalized spacial score (nSPS) is 12.0. The Morgan fingerprint density at radius 3 is 2.00 bits per heavy atom. The number of benzene rings is 4. The van der Waals surface area contributed by atoms with E-state index < -0.39 is 17.2 Å². The van der Waals surface area contributed by atoms with E-state index in [4.69, 9.17) is 4.52 Å². The van der Waals surface area contributed by atoms with Crippen LogP contribution < -0.4 is 0 Å². The Kier molecular flexibility index (Phi) is 5.12. The molecule has 184 valence electrons. The van der Waals surface area contributed by atoms with Gasteiger partial charge in [-0.3, -0.25) is 0 Å². The summed E-state index contributed by atoms with van der Waals surface area (Å²) in [4.78, 5) is 4.28. The number of hydrogen-bond acceptors (Lipinski definition) is 4. The second-order valence-electron chi connectivity index (χ2n) is 10.0. The molecule has 0 aliphatic carbocycles. The van der Waals surface area contributed by atoms with Gasteiger partial charge in [-0.05, 0) is 47.4 Å². The molecule has 1 N–H and O–H groups in total. The number of para-hydroxylation sites is 2. The second kappa shape index (κ2) is 8.27. The monoisotopic (exact) mass is 495 g/mol. The number of phenolic OH excluding ortho intramolecular Hbond substituents is 1. The molecule has 0 saturated carbocycles. The Bertz CT molecular complexity index is 1740. The maximum atomic E-state index is 14.4. The lowest BCUT2D eigenvalue weighted by atomic mass is 9.85. The second-order valence-corrected chi connectivity index (χ2v) is 10.0. The molecular weight excluding hydrogens is 472 g/mol. The van der Waals surface area contributed by atoms with Crippen LogP contribution in [0.25, 0.3) is 50.3 Å². The molecule has 0 aliphatic rings. The topological polar surface area (TPSA) is 64.1 Å². The molecule has 4 aromatic carbocycles. The van der Waals surface area contributed by atoms with E-state index in [1.165, 1.54) is 6.07 Å². The van der Waals surface area contributed by atoms with Crippen molar-refractivity contribution in [2.75, 3.05) is 0 Å². The minimum Gasteiger partial charge on any atom is -0.505 e. The Balaban J connectivity index is 1.63. The zero-order chi connectivity index (χ0) is 25.9. The number of nitrogens with zero attached hydrogens (tertiary/aromatic N) is 3. The van der Waals surface area contributed by atoms with E-state index in [0.717, 1.165) is 39.5 Å². The Morgan fingerprint density at radius 1 is 0.811 bits per heavy atom. The molecule has 0 saturated heterocycles. The van der Waals surface area contributed by atoms with Gasteiger partial charge in [0.25, 0.3) is 5.89 Å². The highest BCUT2D eigenvalue weighted by Crippen LogP contribution is 2.42. The van der Waals surface area contributed by atoms with Crippen molar-refractivity contribution in [2.24, 2.45) is 0 Å². The highest BCUT2D eigenvalue weighted by molar-refractivity contribution is 6.09. The van der Waals surface area contributed by atoms with E-state index in [2.05, 4.69) is 30.9 Å². The summed E-state index contributed by atoms with van der Waals surface area (Å²) in [5.41, 5.74) is 2.92. The fourth-order valence-corrected chi connectivity index (χ4v) is 4.71. The fraction of sp³-hybridized carbons (Fsp3) is 0.133. The fourth-order valence-electron chi connectivity index (χ4n) is 4.71. The highest BCUT2D eigenvalue weighted by Gasteiger charge is 2.26. The molecule has 6 aromatic rings. The highest BCUT2D eigenvalue weighted by atomic mass is 19.1. The van der Waals surface area contributed by atoms with Crippen LogP contribution >= 0.6 is 0 Å². The third kappa shape index (κ3) is 3.66. The van der Waals surface area contributed by atoms with Crippen LogP contribution in [0.2, 0.25) is 0 Å². The van der Waals surface area contributed by atoms with Gasteiger partial charge in [0.2, 0.25) is 5.82 Å². The SMILES string of the molecule is CC(C)(C)c1cc(-c2noc(-c3c(F)cccc3F)n2)c(O)c(-n2c3ccccc3c3ccccc32)c1. The summed E-state index contributed by atoms with van der Waals surface area (Å²) < 4.78 is 36.0. The van der Waals surface area contributed by atoms with E-state index in [1.807, 2.05) is 59.2 Å². The molecule has 0 amide bonds. The smallest absolute Gasteiger partial charge is 0.264 e. The van der Waals surface area contributed by atoms with Crippen LogP contribution in [0.5, 0.6) is 5.75 Å². The number of fused-ring (bicyclic) bond motifs is 3. The minimum absolute atomic E-state index is 0.0308. The van der Waals surface area contributed by atoms with Crippen molar-refractivity contribution in [1.82, 2.24) is 14.7 Å². The average molecular weight is 496 g/mol. The van der Waals surface area contributed by atoms with E-state index in [-0.39, 0.29) is 22.9 Å². The predicted octanol–water partition coefficient (Wildman–Crippen LogP) is 7.78. The van der Waals surface area contributed by atoms with Gasteiger partial charge in [-0.15, -0.1) is 0 Å². The van der Waals surface area contributed by atoms with Crippen molar-refractivity contribution >= 4 is 21.8 Å². The van der Waals surface area contributed by atoms with Crippen LogP contribution in [0.3, 0.4) is 0 Å². The summed E-state index contributed by atoms with van der Waals surface area (Å²) in [5, 5.41) is 17.7. The number of rotatable bonds is 3. The number of halogens is 2. The van der Waals surface area contributed by atoms with Crippen molar-refractivity contribution in [2.45, 2.75) is 26.2 Å². The minimum atomic E-state index is -0.811. The van der Waals surface area contributed by atoms with E-state index in [9.17, 15) is 13.9 Å². The lowest BCUT2D eigenvalue weighted by Gasteiger charge is -2.22. The maximum absolute atomic E-state index is 14.4. The van der Waals surface area contributed by atoms with E-state index in [1.54, 1.807) is 6.07 Å². The molecule has 0 aliphatic heterocycles. The van der Waals surface area contributed by atoms with Crippen molar-refractivity contribution in [3.05, 3.63) is 96.1 Å². The van der Waals surface area contributed by atoms with Crippen molar-refractivity contribution in [3.8, 4) is 34.3 Å². The molecule has 0 radical (unpaired) electrons. The predicted molar refractivity (Wildman–Crippen MR) is 140 cm³/mol. The number of phenols is 1. The summed E-state index contributed by atoms with van der Waals surface area (Å²) in [6, 6.07) is 23.3. The van der Waals surface area contributed by atoms with Crippen LogP contribution in [-0.2, 0) is 5.41 Å². The van der Waals surface area contributed by atoms with Crippen LogP contribution in [0, 0.1) is 11.6 Å². The van der Waals surface area contributed by atoms with Crippen LogP contribution in [0.15, 0.2) is 83.4 Å².